The van der Waals surface area contributed by atoms with Crippen LogP contribution in [-0.4, -0.2) is 17.3 Å². The van der Waals surface area contributed by atoms with Crippen LogP contribution in [0.15, 0.2) is 4.99 Å². The predicted molar refractivity (Wildman–Crippen MR) is 46.7 cm³/mol. The molecular formula is C8H13NS. The highest BCUT2D eigenvalue weighted by molar-refractivity contribution is 8.14. The largest absolute Gasteiger partial charge is 0.282 e. The maximum absolute atomic E-state index is 4.50. The zero-order chi connectivity index (χ0) is 6.81. The Hall–Kier alpha value is 0.0200. The van der Waals surface area contributed by atoms with Gasteiger partial charge in [0.25, 0.3) is 0 Å². The van der Waals surface area contributed by atoms with Crippen LogP contribution in [-0.2, 0) is 0 Å². The van der Waals surface area contributed by atoms with E-state index in [9.17, 15) is 0 Å². The molecule has 0 saturated heterocycles. The van der Waals surface area contributed by atoms with Gasteiger partial charge in [0.05, 0.1) is 5.04 Å². The average molecular weight is 155 g/mol. The van der Waals surface area contributed by atoms with Gasteiger partial charge in [-0.25, -0.2) is 0 Å². The van der Waals surface area contributed by atoms with E-state index in [1.807, 2.05) is 11.8 Å². The lowest BCUT2D eigenvalue weighted by Gasteiger charge is -2.05. The van der Waals surface area contributed by atoms with E-state index in [0.29, 0.717) is 0 Å². The van der Waals surface area contributed by atoms with Gasteiger partial charge < -0.3 is 0 Å². The predicted octanol–water partition coefficient (Wildman–Crippen LogP) is 2.32. The zero-order valence-corrected chi connectivity index (χ0v) is 6.99. The zero-order valence-electron chi connectivity index (χ0n) is 6.18. The van der Waals surface area contributed by atoms with Crippen molar-refractivity contribution in [3.63, 3.8) is 0 Å². The molecule has 0 N–H and O–H groups in total. The number of hydrogen-bond donors (Lipinski definition) is 0. The lowest BCUT2D eigenvalue weighted by molar-refractivity contribution is 0.738. The Morgan fingerprint density at radius 2 is 2.10 bits per heavy atom. The van der Waals surface area contributed by atoms with Crippen LogP contribution >= 0.6 is 11.8 Å². The second kappa shape index (κ2) is 2.95. The fourth-order valence-corrected chi connectivity index (χ4v) is 2.82. The minimum Gasteiger partial charge on any atom is -0.282 e. The molecule has 2 aliphatic rings. The van der Waals surface area contributed by atoms with E-state index in [1.54, 1.807) is 0 Å². The van der Waals surface area contributed by atoms with Crippen molar-refractivity contribution >= 4 is 16.8 Å². The van der Waals surface area contributed by atoms with E-state index in [1.165, 1.54) is 36.5 Å². The number of hydrogen-bond acceptors (Lipinski definition) is 2. The van der Waals surface area contributed by atoms with Crippen LogP contribution in [0.1, 0.15) is 25.7 Å². The van der Waals surface area contributed by atoms with Crippen molar-refractivity contribution in [2.75, 3.05) is 12.3 Å². The minimum atomic E-state index is 0.868. The summed E-state index contributed by atoms with van der Waals surface area (Å²) in [4.78, 5) is 4.50. The summed E-state index contributed by atoms with van der Waals surface area (Å²) >= 11 is 1.99. The molecule has 0 bridgehead atoms. The molecule has 2 rings (SSSR count). The van der Waals surface area contributed by atoms with Crippen LogP contribution in [0.25, 0.3) is 0 Å². The molecule has 0 aromatic heterocycles. The van der Waals surface area contributed by atoms with Gasteiger partial charge in [0.1, 0.15) is 0 Å². The van der Waals surface area contributed by atoms with Gasteiger partial charge in [0, 0.05) is 18.2 Å². The van der Waals surface area contributed by atoms with Crippen LogP contribution in [0, 0.1) is 5.92 Å². The number of rotatable bonds is 1. The van der Waals surface area contributed by atoms with Gasteiger partial charge in [-0.15, -0.1) is 11.8 Å². The molecule has 0 radical (unpaired) electrons. The summed E-state index contributed by atoms with van der Waals surface area (Å²) in [6.07, 6.45) is 5.69. The minimum absolute atomic E-state index is 0.868. The molecule has 0 unspecified atom stereocenters. The Labute approximate surface area is 66.3 Å². The molecule has 1 aliphatic heterocycles. The van der Waals surface area contributed by atoms with Crippen molar-refractivity contribution in [1.29, 1.82) is 0 Å². The van der Waals surface area contributed by atoms with Crippen molar-refractivity contribution in [3.8, 4) is 0 Å². The SMILES string of the molecule is C1CCC(C2=NCCS2)C1. The van der Waals surface area contributed by atoms with Gasteiger partial charge in [0.2, 0.25) is 0 Å². The van der Waals surface area contributed by atoms with Crippen molar-refractivity contribution in [2.45, 2.75) is 25.7 Å². The monoisotopic (exact) mass is 155 g/mol. The van der Waals surface area contributed by atoms with Gasteiger partial charge in [-0.05, 0) is 12.8 Å². The highest BCUT2D eigenvalue weighted by atomic mass is 32.2. The van der Waals surface area contributed by atoms with Crippen LogP contribution in [0.3, 0.4) is 0 Å². The molecule has 1 fully saturated rings. The quantitative estimate of drug-likeness (QED) is 0.566. The summed E-state index contributed by atoms with van der Waals surface area (Å²) in [7, 11) is 0. The first-order valence-electron chi connectivity index (χ1n) is 4.14. The Morgan fingerprint density at radius 1 is 1.30 bits per heavy atom. The second-order valence-electron chi connectivity index (χ2n) is 3.05. The van der Waals surface area contributed by atoms with Gasteiger partial charge in [0.15, 0.2) is 0 Å². The Bertz CT molecular complexity index is 147. The van der Waals surface area contributed by atoms with Crippen LogP contribution < -0.4 is 0 Å². The van der Waals surface area contributed by atoms with Gasteiger partial charge in [-0.1, -0.05) is 12.8 Å². The van der Waals surface area contributed by atoms with Crippen LogP contribution in [0.5, 0.6) is 0 Å². The third kappa shape index (κ3) is 1.22. The van der Waals surface area contributed by atoms with Crippen molar-refractivity contribution in [1.82, 2.24) is 0 Å². The molecule has 2 heteroatoms. The van der Waals surface area contributed by atoms with Crippen LogP contribution in [0.4, 0.5) is 0 Å². The molecule has 0 aromatic carbocycles. The van der Waals surface area contributed by atoms with Crippen molar-refractivity contribution in [2.24, 2.45) is 10.9 Å². The van der Waals surface area contributed by atoms with E-state index in [0.717, 1.165) is 12.5 Å². The third-order valence-electron chi connectivity index (χ3n) is 2.31. The first-order chi connectivity index (χ1) is 4.97. The van der Waals surface area contributed by atoms with Crippen LogP contribution in [0.2, 0.25) is 0 Å². The van der Waals surface area contributed by atoms with Gasteiger partial charge in [-0.3, -0.25) is 4.99 Å². The third-order valence-corrected chi connectivity index (χ3v) is 3.46. The molecule has 0 amide bonds. The first kappa shape index (κ1) is 6.71. The molecular weight excluding hydrogens is 142 g/mol. The number of nitrogens with zero attached hydrogens (tertiary/aromatic N) is 1. The van der Waals surface area contributed by atoms with E-state index >= 15 is 0 Å². The molecule has 10 heavy (non-hydrogen) atoms. The molecule has 0 aromatic rings. The molecule has 1 heterocycles. The molecule has 56 valence electrons. The van der Waals surface area contributed by atoms with E-state index in [4.69, 9.17) is 0 Å². The highest BCUT2D eigenvalue weighted by Crippen LogP contribution is 2.32. The summed E-state index contributed by atoms with van der Waals surface area (Å²) in [5, 5.41) is 1.47. The summed E-state index contributed by atoms with van der Waals surface area (Å²) in [6, 6.07) is 0. The van der Waals surface area contributed by atoms with E-state index in [-0.39, 0.29) is 0 Å². The molecule has 1 nitrogen and oxygen atoms in total. The Kier molecular flexibility index (Phi) is 1.98. The van der Waals surface area contributed by atoms with Crippen molar-refractivity contribution < 1.29 is 0 Å². The van der Waals surface area contributed by atoms with E-state index in [2.05, 4.69) is 4.99 Å². The topological polar surface area (TPSA) is 12.4 Å². The summed E-state index contributed by atoms with van der Waals surface area (Å²) in [6.45, 7) is 1.08. The second-order valence-corrected chi connectivity index (χ2v) is 4.17. The summed E-state index contributed by atoms with van der Waals surface area (Å²) < 4.78 is 0. The fourth-order valence-electron chi connectivity index (χ4n) is 1.77. The fraction of sp³-hybridized carbons (Fsp3) is 0.875. The van der Waals surface area contributed by atoms with Crippen molar-refractivity contribution in [3.05, 3.63) is 0 Å². The standard InChI is InChI=1S/C8H13NS/c1-2-4-7(3-1)8-9-5-6-10-8/h7H,1-6H2. The van der Waals surface area contributed by atoms with Gasteiger partial charge in [-0.2, -0.15) is 0 Å². The molecule has 1 saturated carbocycles. The molecule has 1 aliphatic carbocycles. The first-order valence-corrected chi connectivity index (χ1v) is 5.12. The lowest BCUT2D eigenvalue weighted by Crippen LogP contribution is -2.03. The number of thioether (sulfide) groups is 1. The molecule has 0 spiro atoms. The average Bonchev–Trinajstić information content (AvgIpc) is 2.59. The Balaban J connectivity index is 1.97. The summed E-state index contributed by atoms with van der Waals surface area (Å²) in [5.41, 5.74) is 0. The number of aliphatic imine (C=N–C) groups is 1. The maximum atomic E-state index is 4.50. The Morgan fingerprint density at radius 3 is 2.70 bits per heavy atom. The normalized spacial score (nSPS) is 27.4. The van der Waals surface area contributed by atoms with Gasteiger partial charge >= 0.3 is 0 Å². The lowest BCUT2D eigenvalue weighted by atomic mass is 10.1. The summed E-state index contributed by atoms with van der Waals surface area (Å²) in [5.74, 6) is 2.11. The maximum Gasteiger partial charge on any atom is 0.0707 e. The molecule has 0 atom stereocenters. The smallest absolute Gasteiger partial charge is 0.0707 e. The highest BCUT2D eigenvalue weighted by Gasteiger charge is 2.22. The van der Waals surface area contributed by atoms with E-state index < -0.39 is 0 Å².